The number of nitrogens with zero attached hydrogens (tertiary/aromatic N) is 4. The lowest BCUT2D eigenvalue weighted by Crippen LogP contribution is -2.34. The number of halogens is 6. The quantitative estimate of drug-likeness (QED) is 0.259. The maximum Gasteiger partial charge on any atom is 0.417 e. The molecule has 0 aliphatic rings. The lowest BCUT2D eigenvalue weighted by atomic mass is 10.3. The minimum absolute atomic E-state index is 0.163. The van der Waals surface area contributed by atoms with Crippen molar-refractivity contribution in [2.75, 3.05) is 17.3 Å². The fourth-order valence-electron chi connectivity index (χ4n) is 2.43. The normalized spacial score (nSPS) is 11.0. The van der Waals surface area contributed by atoms with E-state index < -0.39 is 51.5 Å². The molecule has 17 heteroatoms. The average molecular weight is 553 g/mol. The number of nitrogens with one attached hydrogen (secondary N) is 3. The molecule has 35 heavy (non-hydrogen) atoms. The minimum atomic E-state index is -4.69. The van der Waals surface area contributed by atoms with Gasteiger partial charge in [0.1, 0.15) is 12.1 Å². The average Bonchev–Trinajstić information content (AvgIpc) is 2.77. The largest absolute Gasteiger partial charge is 0.482 e. The number of hydrogen-bond donors (Lipinski definition) is 3. The third-order valence-electron chi connectivity index (χ3n) is 3.98. The summed E-state index contributed by atoms with van der Waals surface area (Å²) in [5, 5.41) is 14.0. The van der Waals surface area contributed by atoms with Crippen molar-refractivity contribution >= 4 is 63.9 Å². The maximum absolute atomic E-state index is 12.8. The summed E-state index contributed by atoms with van der Waals surface area (Å²) in [7, 11) is 0. The number of carbonyl (C=O) groups excluding carboxylic acids is 1. The van der Waals surface area contributed by atoms with Crippen LogP contribution in [0, 0.1) is 10.1 Å². The molecule has 0 saturated heterocycles. The second kappa shape index (κ2) is 10.8. The highest BCUT2D eigenvalue weighted by Crippen LogP contribution is 2.35. The number of anilines is 3. The Labute approximate surface area is 208 Å². The van der Waals surface area contributed by atoms with Crippen molar-refractivity contribution in [3.05, 3.63) is 67.5 Å². The Bertz CT molecular complexity index is 1280. The fourth-order valence-corrected chi connectivity index (χ4v) is 3.11. The summed E-state index contributed by atoms with van der Waals surface area (Å²) in [6, 6.07) is 4.94. The van der Waals surface area contributed by atoms with Crippen LogP contribution in [0.1, 0.15) is 5.56 Å². The number of rotatable bonds is 8. The standard InChI is InChI=1S/C18H11Cl3F3N7O4/c19-9-1-2-12(10(20)4-9)35-6-13(32)29-30-17-14(31(33)34)16(26-7-27-17)28-15-11(21)3-8(5-25-15)18(22,23)24/h1-5,7H,6H2,(H,29,32)(H2,25,26,27,28,30). The Hall–Kier alpha value is -3.62. The molecule has 0 aliphatic heterocycles. The van der Waals surface area contributed by atoms with Crippen molar-refractivity contribution in [1.82, 2.24) is 20.4 Å². The van der Waals surface area contributed by atoms with E-state index in [0.717, 1.165) is 6.33 Å². The third-order valence-corrected chi connectivity index (χ3v) is 4.80. The molecule has 0 bridgehead atoms. The summed E-state index contributed by atoms with van der Waals surface area (Å²) in [4.78, 5) is 33.7. The van der Waals surface area contributed by atoms with Gasteiger partial charge >= 0.3 is 11.9 Å². The topological polar surface area (TPSA) is 144 Å². The van der Waals surface area contributed by atoms with Gasteiger partial charge in [0.2, 0.25) is 11.6 Å². The van der Waals surface area contributed by atoms with Gasteiger partial charge in [-0.3, -0.25) is 25.8 Å². The minimum Gasteiger partial charge on any atom is -0.482 e. The summed E-state index contributed by atoms with van der Waals surface area (Å²) >= 11 is 17.5. The molecule has 1 aromatic carbocycles. The molecule has 184 valence electrons. The monoisotopic (exact) mass is 551 g/mol. The summed E-state index contributed by atoms with van der Waals surface area (Å²) in [6.45, 7) is -0.524. The first-order valence-corrected chi connectivity index (χ1v) is 10.2. The van der Waals surface area contributed by atoms with Gasteiger partial charge in [0, 0.05) is 11.2 Å². The zero-order chi connectivity index (χ0) is 25.8. The van der Waals surface area contributed by atoms with Crippen molar-refractivity contribution in [2.24, 2.45) is 0 Å². The number of benzene rings is 1. The molecule has 0 unspecified atom stereocenters. The Kier molecular flexibility index (Phi) is 7.99. The van der Waals surface area contributed by atoms with Crippen LogP contribution in [0.15, 0.2) is 36.8 Å². The molecule has 0 atom stereocenters. The van der Waals surface area contributed by atoms with E-state index in [1.807, 2.05) is 0 Å². The van der Waals surface area contributed by atoms with Crippen LogP contribution in [-0.2, 0) is 11.0 Å². The summed E-state index contributed by atoms with van der Waals surface area (Å²) in [5.41, 5.74) is 2.53. The molecule has 0 aliphatic carbocycles. The van der Waals surface area contributed by atoms with Crippen molar-refractivity contribution in [3.63, 3.8) is 0 Å². The van der Waals surface area contributed by atoms with E-state index >= 15 is 0 Å². The number of amides is 1. The van der Waals surface area contributed by atoms with Crippen LogP contribution in [-0.4, -0.2) is 32.4 Å². The molecular formula is C18H11Cl3F3N7O4. The van der Waals surface area contributed by atoms with Gasteiger partial charge in [-0.2, -0.15) is 13.2 Å². The summed E-state index contributed by atoms with van der Waals surface area (Å²) < 4.78 is 43.6. The second-order valence-corrected chi connectivity index (χ2v) is 7.64. The van der Waals surface area contributed by atoms with Gasteiger partial charge in [-0.25, -0.2) is 15.0 Å². The van der Waals surface area contributed by atoms with E-state index in [-0.39, 0.29) is 16.6 Å². The first-order chi connectivity index (χ1) is 16.5. The molecule has 11 nitrogen and oxygen atoms in total. The highest BCUT2D eigenvalue weighted by molar-refractivity contribution is 6.35. The lowest BCUT2D eigenvalue weighted by Gasteiger charge is -2.13. The number of hydrazine groups is 1. The molecule has 0 radical (unpaired) electrons. The molecule has 0 spiro atoms. The molecule has 3 N–H and O–H groups in total. The Morgan fingerprint density at radius 2 is 1.77 bits per heavy atom. The zero-order valence-corrected chi connectivity index (χ0v) is 19.1. The smallest absolute Gasteiger partial charge is 0.417 e. The van der Waals surface area contributed by atoms with Gasteiger partial charge in [-0.1, -0.05) is 34.8 Å². The van der Waals surface area contributed by atoms with Crippen LogP contribution in [0.4, 0.5) is 36.3 Å². The first kappa shape index (κ1) is 26.0. The van der Waals surface area contributed by atoms with Crippen LogP contribution < -0.4 is 20.9 Å². The van der Waals surface area contributed by atoms with Gasteiger partial charge in [0.15, 0.2) is 12.4 Å². The maximum atomic E-state index is 12.8. The second-order valence-electron chi connectivity index (χ2n) is 6.39. The van der Waals surface area contributed by atoms with Gasteiger partial charge < -0.3 is 10.1 Å². The molecule has 2 aromatic heterocycles. The van der Waals surface area contributed by atoms with Gasteiger partial charge in [-0.15, -0.1) is 0 Å². The number of ether oxygens (including phenoxy) is 1. The predicted octanol–water partition coefficient (Wildman–Crippen LogP) is 5.02. The van der Waals surface area contributed by atoms with Gasteiger partial charge in [0.05, 0.1) is 20.5 Å². The van der Waals surface area contributed by atoms with E-state index in [1.54, 1.807) is 0 Å². The van der Waals surface area contributed by atoms with Crippen molar-refractivity contribution < 1.29 is 27.6 Å². The molecule has 2 heterocycles. The number of hydrogen-bond acceptors (Lipinski definition) is 9. The first-order valence-electron chi connectivity index (χ1n) is 9.07. The number of carbonyl (C=O) groups is 1. The van der Waals surface area contributed by atoms with Gasteiger partial charge in [0.25, 0.3) is 5.91 Å². The van der Waals surface area contributed by atoms with E-state index in [0.29, 0.717) is 17.3 Å². The van der Waals surface area contributed by atoms with Crippen LogP contribution in [0.5, 0.6) is 5.75 Å². The molecule has 3 aromatic rings. The van der Waals surface area contributed by atoms with E-state index in [2.05, 4.69) is 31.1 Å². The molecular weight excluding hydrogens is 542 g/mol. The zero-order valence-electron chi connectivity index (χ0n) is 16.9. The molecule has 0 fully saturated rings. The number of nitro groups is 1. The number of aromatic nitrogens is 3. The summed E-state index contributed by atoms with van der Waals surface area (Å²) in [5.74, 6) is -1.82. The Balaban J connectivity index is 1.72. The van der Waals surface area contributed by atoms with Crippen molar-refractivity contribution in [3.8, 4) is 5.75 Å². The molecule has 3 rings (SSSR count). The lowest BCUT2D eigenvalue weighted by molar-refractivity contribution is -0.383. The van der Waals surface area contributed by atoms with Gasteiger partial charge in [-0.05, 0) is 24.3 Å². The fraction of sp³-hybridized carbons (Fsp3) is 0.111. The number of alkyl halides is 3. The Morgan fingerprint density at radius 1 is 1.06 bits per heavy atom. The van der Waals surface area contributed by atoms with E-state index in [1.165, 1.54) is 18.2 Å². The van der Waals surface area contributed by atoms with E-state index in [9.17, 15) is 28.1 Å². The summed E-state index contributed by atoms with van der Waals surface area (Å²) in [6.07, 6.45) is -3.30. The van der Waals surface area contributed by atoms with Crippen LogP contribution in [0.3, 0.4) is 0 Å². The molecule has 0 saturated carbocycles. The predicted molar refractivity (Wildman–Crippen MR) is 120 cm³/mol. The van der Waals surface area contributed by atoms with Crippen LogP contribution in [0.25, 0.3) is 0 Å². The van der Waals surface area contributed by atoms with E-state index in [4.69, 9.17) is 39.5 Å². The third kappa shape index (κ3) is 6.71. The Morgan fingerprint density at radius 3 is 2.40 bits per heavy atom. The highest BCUT2D eigenvalue weighted by atomic mass is 35.5. The SMILES string of the molecule is O=C(COc1ccc(Cl)cc1Cl)NNc1ncnc(Nc2ncc(C(F)(F)F)cc2Cl)c1[N+](=O)[O-]. The molecule has 1 amide bonds. The van der Waals surface area contributed by atoms with Crippen LogP contribution in [0.2, 0.25) is 15.1 Å². The van der Waals surface area contributed by atoms with Crippen molar-refractivity contribution in [2.45, 2.75) is 6.18 Å². The highest BCUT2D eigenvalue weighted by Gasteiger charge is 2.32. The number of pyridine rings is 1. The van der Waals surface area contributed by atoms with Crippen molar-refractivity contribution in [1.29, 1.82) is 0 Å². The van der Waals surface area contributed by atoms with Crippen LogP contribution >= 0.6 is 34.8 Å².